The number of unbranched alkanes of at least 4 members (excludes halogenated alkanes) is 4. The minimum Gasteiger partial charge on any atom is -0.497 e. The van der Waals surface area contributed by atoms with E-state index in [1.165, 1.54) is 6.42 Å². The van der Waals surface area contributed by atoms with E-state index in [1.54, 1.807) is 14.0 Å². The number of nitrogens with one attached hydrogen (secondary N) is 2. The van der Waals surface area contributed by atoms with Gasteiger partial charge in [-0.15, -0.1) is 0 Å². The first-order chi connectivity index (χ1) is 13.4. The van der Waals surface area contributed by atoms with Gasteiger partial charge in [0, 0.05) is 6.54 Å². The molecule has 7 nitrogen and oxygen atoms in total. The van der Waals surface area contributed by atoms with E-state index in [0.29, 0.717) is 13.0 Å². The van der Waals surface area contributed by atoms with Crippen molar-refractivity contribution in [3.8, 4) is 5.75 Å². The number of urea groups is 1. The molecule has 1 aliphatic rings. The van der Waals surface area contributed by atoms with Crippen LogP contribution in [-0.4, -0.2) is 41.9 Å². The van der Waals surface area contributed by atoms with Gasteiger partial charge < -0.3 is 15.4 Å². The van der Waals surface area contributed by atoms with Gasteiger partial charge >= 0.3 is 6.03 Å². The molecular weight excluding hydrogens is 358 g/mol. The molecule has 154 valence electrons. The summed E-state index contributed by atoms with van der Waals surface area (Å²) in [5.41, 5.74) is -0.0113. The number of benzene rings is 1. The van der Waals surface area contributed by atoms with Gasteiger partial charge in [-0.05, 0) is 31.0 Å². The topological polar surface area (TPSA) is 87.7 Å². The average molecular weight is 389 g/mol. The maximum Gasteiger partial charge on any atom is 0.325 e. The fraction of sp³-hybridized carbons (Fsp3) is 0.571. The van der Waals surface area contributed by atoms with Crippen LogP contribution in [0.4, 0.5) is 4.79 Å². The third-order valence-corrected chi connectivity index (χ3v) is 5.08. The molecule has 1 aliphatic heterocycles. The first kappa shape index (κ1) is 21.7. The lowest BCUT2D eigenvalue weighted by molar-refractivity contribution is -0.134. The van der Waals surface area contributed by atoms with Crippen LogP contribution in [0.3, 0.4) is 0 Å². The highest BCUT2D eigenvalue weighted by molar-refractivity contribution is 6.08. The molecule has 0 spiro atoms. The monoisotopic (exact) mass is 389 g/mol. The summed E-state index contributed by atoms with van der Waals surface area (Å²) >= 11 is 0. The van der Waals surface area contributed by atoms with Crippen LogP contribution >= 0.6 is 0 Å². The highest BCUT2D eigenvalue weighted by Gasteiger charge is 2.47. The van der Waals surface area contributed by atoms with E-state index in [1.807, 2.05) is 24.3 Å². The van der Waals surface area contributed by atoms with Gasteiger partial charge in [-0.3, -0.25) is 14.5 Å². The van der Waals surface area contributed by atoms with Crippen molar-refractivity contribution in [2.75, 3.05) is 13.7 Å². The van der Waals surface area contributed by atoms with Crippen molar-refractivity contribution >= 4 is 17.8 Å². The lowest BCUT2D eigenvalue weighted by atomic mass is 9.94. The van der Waals surface area contributed by atoms with E-state index in [9.17, 15) is 14.4 Å². The van der Waals surface area contributed by atoms with Crippen LogP contribution in [0.2, 0.25) is 0 Å². The molecule has 7 heteroatoms. The predicted octanol–water partition coefficient (Wildman–Crippen LogP) is 2.98. The Hall–Kier alpha value is -2.57. The van der Waals surface area contributed by atoms with Crippen LogP contribution in [0.5, 0.6) is 5.75 Å². The number of methoxy groups -OCH3 is 1. The van der Waals surface area contributed by atoms with Gasteiger partial charge in [0.15, 0.2) is 0 Å². The number of amides is 4. The summed E-state index contributed by atoms with van der Waals surface area (Å²) in [4.78, 5) is 38.1. The summed E-state index contributed by atoms with van der Waals surface area (Å²) in [6.07, 6.45) is 5.97. The summed E-state index contributed by atoms with van der Waals surface area (Å²) in [5, 5.41) is 5.50. The molecule has 1 saturated heterocycles. The minimum absolute atomic E-state index is 0.272. The summed E-state index contributed by atoms with van der Waals surface area (Å²) in [6, 6.07) is 6.82. The Kier molecular flexibility index (Phi) is 7.84. The van der Waals surface area contributed by atoms with E-state index >= 15 is 0 Å². The molecule has 2 rings (SSSR count). The molecule has 0 aromatic heterocycles. The molecule has 2 N–H and O–H groups in total. The smallest absolute Gasteiger partial charge is 0.325 e. The maximum atomic E-state index is 12.7. The zero-order valence-electron chi connectivity index (χ0n) is 17.0. The summed E-state index contributed by atoms with van der Waals surface area (Å²) in [5.74, 6) is 0.0440. The first-order valence-corrected chi connectivity index (χ1v) is 9.93. The van der Waals surface area contributed by atoms with Gasteiger partial charge in [-0.25, -0.2) is 4.79 Å². The molecule has 0 aliphatic carbocycles. The van der Waals surface area contributed by atoms with E-state index < -0.39 is 11.6 Å². The molecule has 0 bridgehead atoms. The fourth-order valence-corrected chi connectivity index (χ4v) is 3.29. The molecule has 1 atom stereocenters. The second kappa shape index (κ2) is 10.1. The maximum absolute atomic E-state index is 12.7. The highest BCUT2D eigenvalue weighted by Crippen LogP contribution is 2.24. The molecule has 0 unspecified atom stereocenters. The Morgan fingerprint density at radius 3 is 2.46 bits per heavy atom. The quantitative estimate of drug-likeness (QED) is 0.450. The summed E-state index contributed by atoms with van der Waals surface area (Å²) in [6.45, 7) is 3.94. The zero-order valence-corrected chi connectivity index (χ0v) is 17.0. The molecule has 28 heavy (non-hydrogen) atoms. The molecule has 0 radical (unpaired) electrons. The van der Waals surface area contributed by atoms with E-state index in [0.717, 1.165) is 41.9 Å². The van der Waals surface area contributed by atoms with Crippen molar-refractivity contribution in [1.82, 2.24) is 15.5 Å². The van der Waals surface area contributed by atoms with Crippen molar-refractivity contribution in [3.05, 3.63) is 29.8 Å². The number of rotatable bonds is 11. The van der Waals surface area contributed by atoms with Crippen molar-refractivity contribution < 1.29 is 19.1 Å². The number of hydrogen-bond acceptors (Lipinski definition) is 4. The van der Waals surface area contributed by atoms with Crippen LogP contribution in [-0.2, 0) is 16.1 Å². The van der Waals surface area contributed by atoms with Gasteiger partial charge in [0.1, 0.15) is 17.8 Å². The van der Waals surface area contributed by atoms with Gasteiger partial charge in [-0.2, -0.15) is 0 Å². The number of carbonyl (C=O) groups is 3. The molecular formula is C21H31N3O4. The highest BCUT2D eigenvalue weighted by atomic mass is 16.5. The zero-order chi connectivity index (χ0) is 20.6. The number of ether oxygens (including phenoxy) is 1. The Morgan fingerprint density at radius 1 is 1.14 bits per heavy atom. The summed E-state index contributed by atoms with van der Waals surface area (Å²) in [7, 11) is 1.59. The largest absolute Gasteiger partial charge is 0.497 e. The Bertz CT molecular complexity index is 689. The first-order valence-electron chi connectivity index (χ1n) is 9.93. The van der Waals surface area contributed by atoms with Crippen molar-refractivity contribution in [1.29, 1.82) is 0 Å². The predicted molar refractivity (Wildman–Crippen MR) is 107 cm³/mol. The van der Waals surface area contributed by atoms with Crippen LogP contribution in [0.25, 0.3) is 0 Å². The fourth-order valence-electron chi connectivity index (χ4n) is 3.29. The second-order valence-electron chi connectivity index (χ2n) is 7.44. The molecule has 1 fully saturated rings. The summed E-state index contributed by atoms with van der Waals surface area (Å²) < 4.78 is 5.10. The second-order valence-corrected chi connectivity index (χ2v) is 7.44. The third-order valence-electron chi connectivity index (χ3n) is 5.08. The molecule has 4 amide bonds. The number of hydrogen-bond donors (Lipinski definition) is 2. The number of imide groups is 1. The van der Waals surface area contributed by atoms with Crippen LogP contribution in [0, 0.1) is 0 Å². The van der Waals surface area contributed by atoms with E-state index in [-0.39, 0.29) is 18.4 Å². The Labute approximate surface area is 166 Å². The van der Waals surface area contributed by atoms with Crippen LogP contribution in [0.15, 0.2) is 24.3 Å². The van der Waals surface area contributed by atoms with Crippen molar-refractivity contribution in [2.45, 2.75) is 64.5 Å². The molecule has 1 heterocycles. The SMILES string of the molecule is CCCCCCC[C@]1(C)NC(=O)N(CC(=O)NCc2ccc(OC)cc2)C1=O. The van der Waals surface area contributed by atoms with Gasteiger partial charge in [0.05, 0.1) is 7.11 Å². The van der Waals surface area contributed by atoms with Crippen LogP contribution in [0.1, 0.15) is 57.9 Å². The van der Waals surface area contributed by atoms with Crippen molar-refractivity contribution in [2.24, 2.45) is 0 Å². The number of nitrogens with zero attached hydrogens (tertiary/aromatic N) is 1. The average Bonchev–Trinajstić information content (AvgIpc) is 2.90. The molecule has 1 aromatic rings. The lowest BCUT2D eigenvalue weighted by Gasteiger charge is -2.21. The third kappa shape index (κ3) is 5.71. The Balaban J connectivity index is 1.82. The van der Waals surface area contributed by atoms with Gasteiger partial charge in [-0.1, -0.05) is 51.2 Å². The normalized spacial score (nSPS) is 18.9. The van der Waals surface area contributed by atoms with Gasteiger partial charge in [0.25, 0.3) is 5.91 Å². The Morgan fingerprint density at radius 2 is 1.82 bits per heavy atom. The van der Waals surface area contributed by atoms with E-state index in [2.05, 4.69) is 17.6 Å². The van der Waals surface area contributed by atoms with Crippen molar-refractivity contribution in [3.63, 3.8) is 0 Å². The standard InChI is InChI=1S/C21H31N3O4/c1-4-5-6-7-8-13-21(2)19(26)24(20(27)23-21)15-18(25)22-14-16-9-11-17(28-3)12-10-16/h9-12H,4-8,13-15H2,1-3H3,(H,22,25)(H,23,27)/t21-/m0/s1. The molecule has 1 aromatic carbocycles. The van der Waals surface area contributed by atoms with Crippen LogP contribution < -0.4 is 15.4 Å². The van der Waals surface area contributed by atoms with Gasteiger partial charge in [0.2, 0.25) is 5.91 Å². The minimum atomic E-state index is -0.917. The molecule has 0 saturated carbocycles. The number of carbonyl (C=O) groups excluding carboxylic acids is 3. The van der Waals surface area contributed by atoms with E-state index in [4.69, 9.17) is 4.74 Å². The lowest BCUT2D eigenvalue weighted by Crippen LogP contribution is -2.45.